The van der Waals surface area contributed by atoms with Crippen LogP contribution in [-0.2, 0) is 17.9 Å². The highest BCUT2D eigenvalue weighted by molar-refractivity contribution is 6.33. The molecule has 0 spiro atoms. The van der Waals surface area contributed by atoms with Gasteiger partial charge in [0.2, 0.25) is 5.91 Å². The van der Waals surface area contributed by atoms with Gasteiger partial charge in [0.1, 0.15) is 23.2 Å². The Balaban J connectivity index is 1.54. The van der Waals surface area contributed by atoms with E-state index in [1.165, 1.54) is 18.0 Å². The first-order valence-electron chi connectivity index (χ1n) is 9.98. The number of methoxy groups -OCH3 is 1. The molecule has 0 bridgehead atoms. The van der Waals surface area contributed by atoms with Gasteiger partial charge in [-0.05, 0) is 36.2 Å². The molecule has 0 saturated carbocycles. The number of hydrogen-bond acceptors (Lipinski definition) is 6. The van der Waals surface area contributed by atoms with Crippen LogP contribution in [-0.4, -0.2) is 27.7 Å². The van der Waals surface area contributed by atoms with E-state index in [9.17, 15) is 9.59 Å². The number of nitrogens with one attached hydrogen (secondary N) is 1. The fourth-order valence-electron chi connectivity index (χ4n) is 3.35. The zero-order valence-corrected chi connectivity index (χ0v) is 18.3. The maximum atomic E-state index is 13.1. The summed E-state index contributed by atoms with van der Waals surface area (Å²) in [5.74, 6) is 0.400. The van der Waals surface area contributed by atoms with Crippen LogP contribution in [0.1, 0.15) is 17.5 Å². The maximum absolute atomic E-state index is 13.1. The fraction of sp³-hybridized carbons (Fsp3) is 0.217. The van der Waals surface area contributed by atoms with Crippen LogP contribution in [0.25, 0.3) is 22.4 Å². The molecule has 4 rings (SSSR count). The van der Waals surface area contributed by atoms with Gasteiger partial charge in [0, 0.05) is 25.1 Å². The van der Waals surface area contributed by atoms with E-state index in [-0.39, 0.29) is 41.2 Å². The molecule has 0 aliphatic carbocycles. The molecule has 4 aromatic rings. The van der Waals surface area contributed by atoms with E-state index in [1.54, 1.807) is 18.2 Å². The summed E-state index contributed by atoms with van der Waals surface area (Å²) in [7, 11) is 1.53. The van der Waals surface area contributed by atoms with Gasteiger partial charge >= 0.3 is 0 Å². The van der Waals surface area contributed by atoms with Crippen molar-refractivity contribution in [3.05, 3.63) is 75.3 Å². The van der Waals surface area contributed by atoms with Gasteiger partial charge in [-0.15, -0.1) is 0 Å². The van der Waals surface area contributed by atoms with Gasteiger partial charge in [-0.2, -0.15) is 0 Å². The molecule has 2 aromatic carbocycles. The van der Waals surface area contributed by atoms with Crippen LogP contribution in [0.5, 0.6) is 5.75 Å². The number of rotatable bonds is 7. The topological polar surface area (TPSA) is 99.2 Å². The average Bonchev–Trinajstić information content (AvgIpc) is 3.23. The highest BCUT2D eigenvalue weighted by Crippen LogP contribution is 2.33. The predicted molar refractivity (Wildman–Crippen MR) is 121 cm³/mol. The third-order valence-corrected chi connectivity index (χ3v) is 5.54. The van der Waals surface area contributed by atoms with Crippen molar-refractivity contribution < 1.29 is 14.1 Å². The van der Waals surface area contributed by atoms with Crippen molar-refractivity contribution >= 4 is 28.6 Å². The molecular formula is C23H21ClN4O4. The minimum atomic E-state index is -0.364. The summed E-state index contributed by atoms with van der Waals surface area (Å²) in [4.78, 5) is 29.6. The normalized spacial score (nSPS) is 11.0. The standard InChI is InChI=1S/C23H21ClN4O4/c1-14-5-3-4-6-15(14)12-25-19(29)9-10-28-13-26-22-20(23(28)30)21(27-32-22)17-11-16(31-2)7-8-18(17)24/h3-8,11,13H,9-10,12H2,1-2H3,(H,25,29). The van der Waals surface area contributed by atoms with Gasteiger partial charge in [0.05, 0.1) is 12.1 Å². The predicted octanol–water partition coefficient (Wildman–Crippen LogP) is 3.73. The largest absolute Gasteiger partial charge is 0.497 e. The second-order valence-electron chi connectivity index (χ2n) is 7.25. The van der Waals surface area contributed by atoms with Crippen molar-refractivity contribution in [3.63, 3.8) is 0 Å². The molecule has 2 aromatic heterocycles. The molecule has 0 saturated heterocycles. The van der Waals surface area contributed by atoms with Crippen molar-refractivity contribution in [3.8, 4) is 17.0 Å². The lowest BCUT2D eigenvalue weighted by atomic mass is 10.1. The van der Waals surface area contributed by atoms with E-state index in [0.29, 0.717) is 22.9 Å². The Hall–Kier alpha value is -3.65. The zero-order chi connectivity index (χ0) is 22.7. The van der Waals surface area contributed by atoms with Crippen molar-refractivity contribution in [2.24, 2.45) is 0 Å². The van der Waals surface area contributed by atoms with Crippen LogP contribution in [0.4, 0.5) is 0 Å². The van der Waals surface area contributed by atoms with Gasteiger partial charge < -0.3 is 14.6 Å². The number of aryl methyl sites for hydroxylation is 2. The minimum absolute atomic E-state index is 0.101. The number of hydrogen-bond donors (Lipinski definition) is 1. The van der Waals surface area contributed by atoms with Crippen LogP contribution in [0.15, 0.2) is 58.1 Å². The van der Waals surface area contributed by atoms with Crippen LogP contribution in [0, 0.1) is 6.92 Å². The van der Waals surface area contributed by atoms with E-state index in [4.69, 9.17) is 20.9 Å². The Bertz CT molecular complexity index is 1350. The molecule has 0 aliphatic rings. The highest BCUT2D eigenvalue weighted by Gasteiger charge is 2.20. The average molecular weight is 453 g/mol. The Morgan fingerprint density at radius 3 is 2.84 bits per heavy atom. The molecule has 32 heavy (non-hydrogen) atoms. The summed E-state index contributed by atoms with van der Waals surface area (Å²) in [6.45, 7) is 2.59. The first-order valence-corrected chi connectivity index (χ1v) is 10.4. The first-order chi connectivity index (χ1) is 15.5. The molecule has 0 unspecified atom stereocenters. The number of amides is 1. The number of aromatic nitrogens is 3. The molecular weight excluding hydrogens is 432 g/mol. The molecule has 0 fully saturated rings. The van der Waals surface area contributed by atoms with Gasteiger partial charge in [0.25, 0.3) is 11.3 Å². The van der Waals surface area contributed by atoms with E-state index < -0.39 is 0 Å². The second kappa shape index (κ2) is 9.23. The molecule has 0 radical (unpaired) electrons. The van der Waals surface area contributed by atoms with Crippen molar-refractivity contribution in [1.29, 1.82) is 0 Å². The lowest BCUT2D eigenvalue weighted by Crippen LogP contribution is -2.27. The molecule has 9 heteroatoms. The number of carbonyl (C=O) groups is 1. The number of benzene rings is 2. The van der Waals surface area contributed by atoms with Crippen LogP contribution in [0.3, 0.4) is 0 Å². The summed E-state index contributed by atoms with van der Waals surface area (Å²) in [6, 6.07) is 12.9. The van der Waals surface area contributed by atoms with E-state index in [0.717, 1.165) is 11.1 Å². The Morgan fingerprint density at radius 1 is 1.25 bits per heavy atom. The quantitative estimate of drug-likeness (QED) is 0.458. The number of fused-ring (bicyclic) bond motifs is 1. The number of carbonyl (C=O) groups excluding carboxylic acids is 1. The highest BCUT2D eigenvalue weighted by atomic mass is 35.5. The molecule has 2 heterocycles. The second-order valence-corrected chi connectivity index (χ2v) is 7.66. The molecule has 164 valence electrons. The summed E-state index contributed by atoms with van der Waals surface area (Å²) >= 11 is 6.32. The number of halogens is 1. The number of ether oxygens (including phenoxy) is 1. The van der Waals surface area contributed by atoms with E-state index in [2.05, 4.69) is 15.5 Å². The van der Waals surface area contributed by atoms with Crippen molar-refractivity contribution in [2.75, 3.05) is 7.11 Å². The van der Waals surface area contributed by atoms with E-state index in [1.807, 2.05) is 31.2 Å². The summed E-state index contributed by atoms with van der Waals surface area (Å²) < 4.78 is 11.8. The van der Waals surface area contributed by atoms with Crippen LogP contribution < -0.4 is 15.6 Å². The monoisotopic (exact) mass is 452 g/mol. The lowest BCUT2D eigenvalue weighted by molar-refractivity contribution is -0.121. The van der Waals surface area contributed by atoms with Crippen LogP contribution in [0.2, 0.25) is 5.02 Å². The molecule has 0 atom stereocenters. The minimum Gasteiger partial charge on any atom is -0.497 e. The van der Waals surface area contributed by atoms with Crippen molar-refractivity contribution in [1.82, 2.24) is 20.0 Å². The van der Waals surface area contributed by atoms with Gasteiger partial charge in [-0.25, -0.2) is 4.98 Å². The smallest absolute Gasteiger partial charge is 0.266 e. The summed E-state index contributed by atoms with van der Waals surface area (Å²) in [6.07, 6.45) is 1.47. The molecule has 0 aliphatic heterocycles. The maximum Gasteiger partial charge on any atom is 0.266 e. The zero-order valence-electron chi connectivity index (χ0n) is 17.6. The van der Waals surface area contributed by atoms with Gasteiger partial charge in [-0.1, -0.05) is 41.0 Å². The summed E-state index contributed by atoms with van der Waals surface area (Å²) in [5.41, 5.74) is 2.67. The summed E-state index contributed by atoms with van der Waals surface area (Å²) in [5, 5.41) is 7.47. The Kier molecular flexibility index (Phi) is 6.23. The molecule has 1 N–H and O–H groups in total. The lowest BCUT2D eigenvalue weighted by Gasteiger charge is -2.09. The number of nitrogens with zero attached hydrogens (tertiary/aromatic N) is 3. The third-order valence-electron chi connectivity index (χ3n) is 5.21. The van der Waals surface area contributed by atoms with Crippen molar-refractivity contribution in [2.45, 2.75) is 26.4 Å². The Morgan fingerprint density at radius 2 is 2.06 bits per heavy atom. The molecule has 8 nitrogen and oxygen atoms in total. The van der Waals surface area contributed by atoms with Gasteiger partial charge in [-0.3, -0.25) is 14.2 Å². The Labute approximate surface area is 188 Å². The van der Waals surface area contributed by atoms with E-state index >= 15 is 0 Å². The van der Waals surface area contributed by atoms with Gasteiger partial charge in [0.15, 0.2) is 0 Å². The SMILES string of the molecule is COc1ccc(Cl)c(-c2noc3ncn(CCC(=O)NCc4ccccc4C)c(=O)c23)c1. The fourth-order valence-corrected chi connectivity index (χ4v) is 3.56. The molecule has 1 amide bonds. The first kappa shape index (κ1) is 21.6. The third kappa shape index (κ3) is 4.36. The van der Waals surface area contributed by atoms with Crippen LogP contribution >= 0.6 is 11.6 Å².